The Morgan fingerprint density at radius 1 is 1.05 bits per heavy atom. The van der Waals surface area contributed by atoms with Gasteiger partial charge in [0.25, 0.3) is 11.8 Å². The van der Waals surface area contributed by atoms with Crippen molar-refractivity contribution in [3.63, 3.8) is 0 Å². The molecule has 0 saturated carbocycles. The van der Waals surface area contributed by atoms with Crippen molar-refractivity contribution in [1.29, 1.82) is 0 Å². The van der Waals surface area contributed by atoms with Crippen LogP contribution in [0.3, 0.4) is 0 Å². The van der Waals surface area contributed by atoms with Gasteiger partial charge < -0.3 is 15.5 Å². The molecule has 0 saturated heterocycles. The first-order chi connectivity index (χ1) is 9.61. The molecule has 5 heteroatoms. The monoisotopic (exact) mass is 278 g/mol. The van der Waals surface area contributed by atoms with Gasteiger partial charge in [-0.2, -0.15) is 0 Å². The van der Waals surface area contributed by atoms with E-state index in [2.05, 4.69) is 10.6 Å². The molecule has 1 rings (SSSR count). The van der Waals surface area contributed by atoms with Crippen LogP contribution in [-0.4, -0.2) is 38.5 Å². The maximum Gasteiger partial charge on any atom is 0.275 e. The lowest BCUT2D eigenvalue weighted by Crippen LogP contribution is -3.11. The van der Waals surface area contributed by atoms with E-state index < -0.39 is 0 Å². The third kappa shape index (κ3) is 6.89. The molecule has 2 amide bonds. The van der Waals surface area contributed by atoms with Crippen molar-refractivity contribution < 1.29 is 14.5 Å². The van der Waals surface area contributed by atoms with Crippen LogP contribution in [-0.2, 0) is 16.1 Å². The van der Waals surface area contributed by atoms with Crippen LogP contribution >= 0.6 is 0 Å². The SMILES string of the molecule is CCCNC(=O)C[NH+](C)CC(=O)NCc1ccccc1. The summed E-state index contributed by atoms with van der Waals surface area (Å²) in [5.74, 6) is -0.0603. The first-order valence-electron chi connectivity index (χ1n) is 7.00. The molecule has 3 N–H and O–H groups in total. The molecule has 0 spiro atoms. The lowest BCUT2D eigenvalue weighted by atomic mass is 10.2. The van der Waals surface area contributed by atoms with Crippen molar-refractivity contribution in [3.05, 3.63) is 35.9 Å². The summed E-state index contributed by atoms with van der Waals surface area (Å²) in [7, 11) is 1.84. The van der Waals surface area contributed by atoms with E-state index in [1.165, 1.54) is 0 Å². The Bertz CT molecular complexity index is 420. The smallest absolute Gasteiger partial charge is 0.275 e. The second-order valence-electron chi connectivity index (χ2n) is 4.92. The third-order valence-electron chi connectivity index (χ3n) is 2.83. The van der Waals surface area contributed by atoms with Crippen LogP contribution in [0.2, 0.25) is 0 Å². The number of quaternary nitrogens is 1. The van der Waals surface area contributed by atoms with Crippen molar-refractivity contribution >= 4 is 11.8 Å². The molecule has 1 unspecified atom stereocenters. The molecule has 0 heterocycles. The van der Waals surface area contributed by atoms with E-state index in [0.717, 1.165) is 16.9 Å². The Hall–Kier alpha value is -1.88. The van der Waals surface area contributed by atoms with E-state index in [-0.39, 0.29) is 11.8 Å². The Morgan fingerprint density at radius 3 is 2.25 bits per heavy atom. The van der Waals surface area contributed by atoms with E-state index in [0.29, 0.717) is 26.2 Å². The molecule has 0 radical (unpaired) electrons. The maximum atomic E-state index is 11.8. The highest BCUT2D eigenvalue weighted by Gasteiger charge is 2.13. The van der Waals surface area contributed by atoms with Crippen LogP contribution in [0.4, 0.5) is 0 Å². The van der Waals surface area contributed by atoms with Gasteiger partial charge in [0.15, 0.2) is 13.1 Å². The highest BCUT2D eigenvalue weighted by molar-refractivity contribution is 5.78. The third-order valence-corrected chi connectivity index (χ3v) is 2.83. The second kappa shape index (κ2) is 9.09. The fourth-order valence-electron chi connectivity index (χ4n) is 1.80. The van der Waals surface area contributed by atoms with Gasteiger partial charge in [-0.15, -0.1) is 0 Å². The van der Waals surface area contributed by atoms with E-state index in [4.69, 9.17) is 0 Å². The molecule has 0 fully saturated rings. The molecule has 20 heavy (non-hydrogen) atoms. The quantitative estimate of drug-likeness (QED) is 0.591. The Morgan fingerprint density at radius 2 is 1.65 bits per heavy atom. The van der Waals surface area contributed by atoms with E-state index in [1.807, 2.05) is 44.3 Å². The summed E-state index contributed by atoms with van der Waals surface area (Å²) in [5, 5.41) is 5.66. The summed E-state index contributed by atoms with van der Waals surface area (Å²) in [6.45, 7) is 3.83. The minimum atomic E-state index is -0.0466. The van der Waals surface area contributed by atoms with Gasteiger partial charge in [0.2, 0.25) is 0 Å². The molecule has 1 aromatic carbocycles. The molecule has 1 atom stereocenters. The average Bonchev–Trinajstić information content (AvgIpc) is 2.44. The van der Waals surface area contributed by atoms with Gasteiger partial charge in [-0.25, -0.2) is 0 Å². The molecule has 0 aliphatic rings. The highest BCUT2D eigenvalue weighted by atomic mass is 16.2. The van der Waals surface area contributed by atoms with E-state index in [9.17, 15) is 9.59 Å². The fourth-order valence-corrected chi connectivity index (χ4v) is 1.80. The van der Waals surface area contributed by atoms with Crippen molar-refractivity contribution in [1.82, 2.24) is 10.6 Å². The lowest BCUT2D eigenvalue weighted by Gasteiger charge is -2.13. The minimum Gasteiger partial charge on any atom is -0.351 e. The standard InChI is InChI=1S/C15H23N3O2/c1-3-9-16-14(19)11-18(2)12-15(20)17-10-13-7-5-4-6-8-13/h4-8H,3,9-12H2,1-2H3,(H,16,19)(H,17,20)/p+1. The molecular formula is C15H24N3O2+. The first-order valence-corrected chi connectivity index (χ1v) is 7.00. The zero-order chi connectivity index (χ0) is 14.8. The van der Waals surface area contributed by atoms with Gasteiger partial charge >= 0.3 is 0 Å². The van der Waals surface area contributed by atoms with Crippen LogP contribution in [0.15, 0.2) is 30.3 Å². The number of benzene rings is 1. The fraction of sp³-hybridized carbons (Fsp3) is 0.467. The van der Waals surface area contributed by atoms with E-state index in [1.54, 1.807) is 0 Å². The first kappa shape index (κ1) is 16.2. The average molecular weight is 278 g/mol. The van der Waals surface area contributed by atoms with Crippen molar-refractivity contribution in [2.45, 2.75) is 19.9 Å². The number of nitrogens with one attached hydrogen (secondary N) is 3. The van der Waals surface area contributed by atoms with Crippen LogP contribution in [0.5, 0.6) is 0 Å². The maximum absolute atomic E-state index is 11.8. The van der Waals surface area contributed by atoms with Crippen LogP contribution in [0.25, 0.3) is 0 Å². The van der Waals surface area contributed by atoms with Crippen molar-refractivity contribution in [2.24, 2.45) is 0 Å². The van der Waals surface area contributed by atoms with E-state index >= 15 is 0 Å². The van der Waals surface area contributed by atoms with Gasteiger partial charge in [0.05, 0.1) is 7.05 Å². The van der Waals surface area contributed by atoms with Gasteiger partial charge in [0.1, 0.15) is 0 Å². The Kier molecular flexibility index (Phi) is 7.35. The highest BCUT2D eigenvalue weighted by Crippen LogP contribution is 1.96. The summed E-state index contributed by atoms with van der Waals surface area (Å²) < 4.78 is 0. The Balaban J connectivity index is 2.22. The zero-order valence-corrected chi connectivity index (χ0v) is 12.2. The molecule has 0 bridgehead atoms. The molecule has 110 valence electrons. The summed E-state index contributed by atoms with van der Waals surface area (Å²) in [6.07, 6.45) is 0.919. The number of amides is 2. The molecule has 0 aliphatic carbocycles. The molecular weight excluding hydrogens is 254 g/mol. The Labute approximate surface area is 120 Å². The van der Waals surface area contributed by atoms with Gasteiger partial charge in [-0.3, -0.25) is 9.59 Å². The second-order valence-corrected chi connectivity index (χ2v) is 4.92. The predicted molar refractivity (Wildman–Crippen MR) is 78.2 cm³/mol. The number of rotatable bonds is 8. The number of hydrogen-bond donors (Lipinski definition) is 3. The van der Waals surface area contributed by atoms with Gasteiger partial charge in [-0.05, 0) is 12.0 Å². The van der Waals surface area contributed by atoms with Gasteiger partial charge in [-0.1, -0.05) is 37.3 Å². The number of hydrogen-bond acceptors (Lipinski definition) is 2. The van der Waals surface area contributed by atoms with Crippen LogP contribution < -0.4 is 15.5 Å². The normalized spacial score (nSPS) is 11.7. The van der Waals surface area contributed by atoms with Crippen molar-refractivity contribution in [3.8, 4) is 0 Å². The number of carbonyl (C=O) groups is 2. The molecule has 1 aromatic rings. The molecule has 5 nitrogen and oxygen atoms in total. The molecule has 0 aromatic heterocycles. The summed E-state index contributed by atoms with van der Waals surface area (Å²) >= 11 is 0. The van der Waals surface area contributed by atoms with Crippen LogP contribution in [0, 0.1) is 0 Å². The number of likely N-dealkylation sites (N-methyl/N-ethyl adjacent to an activating group) is 1. The van der Waals surface area contributed by atoms with Gasteiger partial charge in [0, 0.05) is 13.1 Å². The minimum absolute atomic E-state index is 0.0137. The summed E-state index contributed by atoms with van der Waals surface area (Å²) in [5.41, 5.74) is 1.07. The molecule has 0 aliphatic heterocycles. The topological polar surface area (TPSA) is 62.6 Å². The lowest BCUT2D eigenvalue weighted by molar-refractivity contribution is -0.862. The summed E-state index contributed by atoms with van der Waals surface area (Å²) in [6, 6.07) is 9.76. The predicted octanol–water partition coefficient (Wildman–Crippen LogP) is -0.656. The van der Waals surface area contributed by atoms with Crippen molar-refractivity contribution in [2.75, 3.05) is 26.7 Å². The zero-order valence-electron chi connectivity index (χ0n) is 12.2. The van der Waals surface area contributed by atoms with Crippen LogP contribution in [0.1, 0.15) is 18.9 Å². The largest absolute Gasteiger partial charge is 0.351 e. The summed E-state index contributed by atoms with van der Waals surface area (Å²) in [4.78, 5) is 24.1. The number of carbonyl (C=O) groups excluding carboxylic acids is 2.